The number of rotatable bonds is 2. The third-order valence-electron chi connectivity index (χ3n) is 3.07. The standard InChI is InChI=1S/C11H11F3O/c1-2-6-5-11(6,15)7-3-4-8(12)10(14)9(7)13/h3-4,6,15H,2,5H2,1H3. The van der Waals surface area contributed by atoms with Crippen LogP contribution in [0.15, 0.2) is 12.1 Å². The summed E-state index contributed by atoms with van der Waals surface area (Å²) in [5.41, 5.74) is -1.43. The fraction of sp³-hybridized carbons (Fsp3) is 0.455. The van der Waals surface area contributed by atoms with Crippen LogP contribution in [0, 0.1) is 23.4 Å². The molecule has 1 aromatic carbocycles. The summed E-state index contributed by atoms with van der Waals surface area (Å²) < 4.78 is 38.9. The molecule has 1 aliphatic carbocycles. The predicted octanol–water partition coefficient (Wildman–Crippen LogP) is 2.72. The van der Waals surface area contributed by atoms with Crippen molar-refractivity contribution in [3.8, 4) is 0 Å². The number of hydrogen-bond acceptors (Lipinski definition) is 1. The van der Waals surface area contributed by atoms with Crippen molar-refractivity contribution in [2.24, 2.45) is 5.92 Å². The van der Waals surface area contributed by atoms with Crippen molar-refractivity contribution < 1.29 is 18.3 Å². The van der Waals surface area contributed by atoms with Gasteiger partial charge in [0.2, 0.25) is 0 Å². The van der Waals surface area contributed by atoms with E-state index in [4.69, 9.17) is 0 Å². The van der Waals surface area contributed by atoms with Gasteiger partial charge in [-0.05, 0) is 18.4 Å². The lowest BCUT2D eigenvalue weighted by Gasteiger charge is -2.12. The highest BCUT2D eigenvalue weighted by molar-refractivity contribution is 5.32. The Morgan fingerprint density at radius 1 is 1.33 bits per heavy atom. The molecule has 2 atom stereocenters. The van der Waals surface area contributed by atoms with Crippen LogP contribution in [0.1, 0.15) is 25.3 Å². The molecule has 1 N–H and O–H groups in total. The van der Waals surface area contributed by atoms with E-state index in [1.807, 2.05) is 6.92 Å². The normalized spacial score (nSPS) is 29.3. The molecule has 0 bridgehead atoms. The summed E-state index contributed by atoms with van der Waals surface area (Å²) in [6.45, 7) is 1.86. The quantitative estimate of drug-likeness (QED) is 0.753. The van der Waals surface area contributed by atoms with Crippen molar-refractivity contribution in [3.05, 3.63) is 35.1 Å². The molecule has 0 aliphatic heterocycles. The molecule has 1 fully saturated rings. The number of aliphatic hydroxyl groups is 1. The van der Waals surface area contributed by atoms with E-state index in [0.717, 1.165) is 12.1 Å². The van der Waals surface area contributed by atoms with Gasteiger partial charge >= 0.3 is 0 Å². The molecule has 1 nitrogen and oxygen atoms in total. The first-order chi connectivity index (χ1) is 7.00. The van der Waals surface area contributed by atoms with E-state index in [0.29, 0.717) is 12.8 Å². The van der Waals surface area contributed by atoms with Gasteiger partial charge in [0, 0.05) is 5.56 Å². The fourth-order valence-corrected chi connectivity index (χ4v) is 1.99. The number of halogens is 3. The Bertz CT molecular complexity index is 405. The van der Waals surface area contributed by atoms with Gasteiger partial charge < -0.3 is 5.11 Å². The van der Waals surface area contributed by atoms with Gasteiger partial charge in [0.15, 0.2) is 17.5 Å². The van der Waals surface area contributed by atoms with Crippen molar-refractivity contribution in [3.63, 3.8) is 0 Å². The molecule has 0 radical (unpaired) electrons. The Hall–Kier alpha value is -1.03. The zero-order valence-electron chi connectivity index (χ0n) is 8.23. The molecule has 1 aromatic rings. The topological polar surface area (TPSA) is 20.2 Å². The van der Waals surface area contributed by atoms with Crippen LogP contribution >= 0.6 is 0 Å². The Kier molecular flexibility index (Phi) is 2.26. The van der Waals surface area contributed by atoms with Gasteiger partial charge in [-0.1, -0.05) is 19.4 Å². The van der Waals surface area contributed by atoms with Crippen molar-refractivity contribution in [1.82, 2.24) is 0 Å². The monoisotopic (exact) mass is 216 g/mol. The van der Waals surface area contributed by atoms with Crippen LogP contribution in [0.25, 0.3) is 0 Å². The van der Waals surface area contributed by atoms with E-state index in [9.17, 15) is 18.3 Å². The minimum absolute atomic E-state index is 0.0585. The van der Waals surface area contributed by atoms with E-state index in [1.165, 1.54) is 0 Å². The minimum atomic E-state index is -1.51. The minimum Gasteiger partial charge on any atom is -0.385 e. The first-order valence-electron chi connectivity index (χ1n) is 4.87. The van der Waals surface area contributed by atoms with E-state index in [1.54, 1.807) is 0 Å². The third kappa shape index (κ3) is 1.44. The highest BCUT2D eigenvalue weighted by Crippen LogP contribution is 2.54. The SMILES string of the molecule is CCC1CC1(O)c1ccc(F)c(F)c1F. The van der Waals surface area contributed by atoms with Crippen LogP contribution in [0.3, 0.4) is 0 Å². The van der Waals surface area contributed by atoms with Gasteiger partial charge in [0.1, 0.15) is 0 Å². The summed E-state index contributed by atoms with van der Waals surface area (Å²) in [6.07, 6.45) is 1.10. The van der Waals surface area contributed by atoms with Crippen LogP contribution in [-0.2, 0) is 5.60 Å². The summed E-state index contributed by atoms with van der Waals surface area (Å²) in [4.78, 5) is 0. The van der Waals surface area contributed by atoms with Gasteiger partial charge in [-0.2, -0.15) is 0 Å². The maximum Gasteiger partial charge on any atom is 0.194 e. The number of benzene rings is 1. The van der Waals surface area contributed by atoms with Gasteiger partial charge in [0.25, 0.3) is 0 Å². The van der Waals surface area contributed by atoms with Crippen LogP contribution in [0.5, 0.6) is 0 Å². The molecule has 4 heteroatoms. The Balaban J connectivity index is 2.43. The summed E-state index contributed by atoms with van der Waals surface area (Å²) >= 11 is 0. The second-order valence-electron chi connectivity index (χ2n) is 3.96. The maximum atomic E-state index is 13.3. The zero-order valence-corrected chi connectivity index (χ0v) is 8.23. The fourth-order valence-electron chi connectivity index (χ4n) is 1.99. The van der Waals surface area contributed by atoms with Crippen LogP contribution in [-0.4, -0.2) is 5.11 Å². The first-order valence-corrected chi connectivity index (χ1v) is 4.87. The molecule has 2 rings (SSSR count). The molecule has 1 saturated carbocycles. The molecule has 0 aromatic heterocycles. The highest BCUT2D eigenvalue weighted by Gasteiger charge is 2.54. The lowest BCUT2D eigenvalue weighted by Crippen LogP contribution is -2.13. The van der Waals surface area contributed by atoms with Gasteiger partial charge in [-0.25, -0.2) is 13.2 Å². The third-order valence-corrected chi connectivity index (χ3v) is 3.07. The van der Waals surface area contributed by atoms with Crippen molar-refractivity contribution in [2.45, 2.75) is 25.4 Å². The van der Waals surface area contributed by atoms with E-state index < -0.39 is 23.1 Å². The van der Waals surface area contributed by atoms with Gasteiger partial charge in [-0.3, -0.25) is 0 Å². The molecule has 2 unspecified atom stereocenters. The van der Waals surface area contributed by atoms with Gasteiger partial charge in [0.05, 0.1) is 5.60 Å². The van der Waals surface area contributed by atoms with E-state index >= 15 is 0 Å². The predicted molar refractivity (Wildman–Crippen MR) is 48.6 cm³/mol. The maximum absolute atomic E-state index is 13.3. The van der Waals surface area contributed by atoms with E-state index in [2.05, 4.69) is 0 Å². The van der Waals surface area contributed by atoms with Gasteiger partial charge in [-0.15, -0.1) is 0 Å². The smallest absolute Gasteiger partial charge is 0.194 e. The molecular weight excluding hydrogens is 205 g/mol. The second-order valence-corrected chi connectivity index (χ2v) is 3.96. The van der Waals surface area contributed by atoms with Crippen molar-refractivity contribution in [1.29, 1.82) is 0 Å². The molecular formula is C11H11F3O. The summed E-state index contributed by atoms with van der Waals surface area (Å²) in [6, 6.07) is 1.96. The lowest BCUT2D eigenvalue weighted by molar-refractivity contribution is 0.124. The lowest BCUT2D eigenvalue weighted by atomic mass is 10.0. The van der Waals surface area contributed by atoms with Crippen molar-refractivity contribution >= 4 is 0 Å². The molecule has 0 heterocycles. The zero-order chi connectivity index (χ0) is 11.2. The summed E-state index contributed by atoms with van der Waals surface area (Å²) in [5.74, 6) is -4.07. The Morgan fingerprint density at radius 2 is 2.00 bits per heavy atom. The van der Waals surface area contributed by atoms with Crippen LogP contribution in [0.4, 0.5) is 13.2 Å². The summed E-state index contributed by atoms with van der Waals surface area (Å²) in [7, 11) is 0. The molecule has 0 amide bonds. The van der Waals surface area contributed by atoms with Crippen LogP contribution < -0.4 is 0 Å². The molecule has 1 aliphatic rings. The average Bonchev–Trinajstić information content (AvgIpc) is 2.87. The Labute approximate surface area is 85.5 Å². The molecule has 15 heavy (non-hydrogen) atoms. The largest absolute Gasteiger partial charge is 0.385 e. The second kappa shape index (κ2) is 3.23. The van der Waals surface area contributed by atoms with E-state index in [-0.39, 0.29) is 11.5 Å². The number of hydrogen-bond donors (Lipinski definition) is 1. The van der Waals surface area contributed by atoms with Crippen molar-refractivity contribution in [2.75, 3.05) is 0 Å². The van der Waals surface area contributed by atoms with Crippen LogP contribution in [0.2, 0.25) is 0 Å². The molecule has 82 valence electrons. The molecule has 0 saturated heterocycles. The average molecular weight is 216 g/mol. The highest BCUT2D eigenvalue weighted by atomic mass is 19.2. The Morgan fingerprint density at radius 3 is 2.53 bits per heavy atom. The summed E-state index contributed by atoms with van der Waals surface area (Å²) in [5, 5.41) is 9.93. The first kappa shape index (κ1) is 10.5. The molecule has 0 spiro atoms.